The number of carbonyl (C=O) groups excluding carboxylic acids is 1. The number of likely N-dealkylation sites (N-methyl/N-ethyl adjacent to an activating group) is 2. The maximum atomic E-state index is 12.5. The second kappa shape index (κ2) is 7.98. The van der Waals surface area contributed by atoms with Crippen molar-refractivity contribution in [3.05, 3.63) is 0 Å². The lowest BCUT2D eigenvalue weighted by atomic mass is 10.2. The smallest absolute Gasteiger partial charge is 0.340 e. The van der Waals surface area contributed by atoms with Crippen LogP contribution in [0.25, 0.3) is 0 Å². The molecule has 1 saturated heterocycles. The van der Waals surface area contributed by atoms with E-state index in [0.717, 1.165) is 25.9 Å². The largest absolute Gasteiger partial charge is 0.397 e. The first-order valence-corrected chi connectivity index (χ1v) is 7.46. The lowest BCUT2D eigenvalue weighted by molar-refractivity contribution is -0.162. The van der Waals surface area contributed by atoms with Crippen LogP contribution in [0.5, 0.6) is 0 Å². The van der Waals surface area contributed by atoms with E-state index in [1.165, 1.54) is 4.90 Å². The number of carbonyl (C=O) groups is 1. The third-order valence-corrected chi connectivity index (χ3v) is 3.86. The SMILES string of the molecule is CCN1CCC[C@H]1CN(CCN(C)C)C(=O)CC(F)(F)F. The van der Waals surface area contributed by atoms with Crippen LogP contribution in [-0.4, -0.2) is 79.6 Å². The number of hydrogen-bond donors (Lipinski definition) is 0. The quantitative estimate of drug-likeness (QED) is 0.718. The van der Waals surface area contributed by atoms with Crippen LogP contribution in [0.2, 0.25) is 0 Å². The van der Waals surface area contributed by atoms with Gasteiger partial charge < -0.3 is 9.80 Å². The number of likely N-dealkylation sites (tertiary alicyclic amines) is 1. The number of alkyl halides is 3. The highest BCUT2D eigenvalue weighted by Crippen LogP contribution is 2.22. The van der Waals surface area contributed by atoms with Crippen LogP contribution in [0.3, 0.4) is 0 Å². The number of nitrogens with zero attached hydrogens (tertiary/aromatic N) is 3. The Bertz CT molecular complexity index is 334. The van der Waals surface area contributed by atoms with Crippen molar-refractivity contribution in [3.8, 4) is 0 Å². The van der Waals surface area contributed by atoms with Crippen molar-refractivity contribution in [1.29, 1.82) is 0 Å². The summed E-state index contributed by atoms with van der Waals surface area (Å²) in [6, 6.07) is 0.189. The Morgan fingerprint density at radius 3 is 2.48 bits per heavy atom. The van der Waals surface area contributed by atoms with Gasteiger partial charge in [0, 0.05) is 25.7 Å². The van der Waals surface area contributed by atoms with Crippen LogP contribution in [0.4, 0.5) is 13.2 Å². The molecule has 0 spiro atoms. The normalized spacial score (nSPS) is 20.2. The minimum atomic E-state index is -4.44. The van der Waals surface area contributed by atoms with Gasteiger partial charge in [-0.1, -0.05) is 6.92 Å². The summed E-state index contributed by atoms with van der Waals surface area (Å²) in [5.74, 6) is -0.813. The topological polar surface area (TPSA) is 26.8 Å². The molecule has 1 amide bonds. The standard InChI is InChI=1S/C14H26F3N3O/c1-4-19-7-5-6-12(19)11-20(9-8-18(2)3)13(21)10-14(15,16)17/h12H,4-11H2,1-3H3/t12-/m0/s1. The highest BCUT2D eigenvalue weighted by atomic mass is 19.4. The zero-order valence-corrected chi connectivity index (χ0v) is 13.1. The molecule has 1 fully saturated rings. The van der Waals surface area contributed by atoms with E-state index in [0.29, 0.717) is 19.6 Å². The van der Waals surface area contributed by atoms with Gasteiger partial charge in [0.15, 0.2) is 0 Å². The Labute approximate surface area is 124 Å². The zero-order chi connectivity index (χ0) is 16.0. The fourth-order valence-corrected chi connectivity index (χ4v) is 2.69. The minimum Gasteiger partial charge on any atom is -0.340 e. The molecule has 0 aromatic rings. The van der Waals surface area contributed by atoms with Gasteiger partial charge in [-0.25, -0.2) is 0 Å². The Morgan fingerprint density at radius 2 is 1.95 bits per heavy atom. The van der Waals surface area contributed by atoms with Crippen molar-refractivity contribution in [3.63, 3.8) is 0 Å². The summed E-state index contributed by atoms with van der Waals surface area (Å²) >= 11 is 0. The van der Waals surface area contributed by atoms with Crippen LogP contribution >= 0.6 is 0 Å². The Hall–Kier alpha value is -0.820. The molecule has 124 valence electrons. The van der Waals surface area contributed by atoms with Crippen LogP contribution in [0, 0.1) is 0 Å². The molecule has 0 N–H and O–H groups in total. The monoisotopic (exact) mass is 309 g/mol. The average molecular weight is 309 g/mol. The van der Waals surface area contributed by atoms with Gasteiger partial charge in [0.25, 0.3) is 0 Å². The van der Waals surface area contributed by atoms with Gasteiger partial charge >= 0.3 is 6.18 Å². The van der Waals surface area contributed by atoms with Gasteiger partial charge in [0.2, 0.25) is 5.91 Å². The predicted octanol–water partition coefficient (Wildman–Crippen LogP) is 1.81. The molecule has 0 aromatic carbocycles. The van der Waals surface area contributed by atoms with Crippen molar-refractivity contribution in [2.45, 2.75) is 38.4 Å². The van der Waals surface area contributed by atoms with Gasteiger partial charge in [-0.2, -0.15) is 13.2 Å². The molecule has 1 atom stereocenters. The number of hydrogen-bond acceptors (Lipinski definition) is 3. The fourth-order valence-electron chi connectivity index (χ4n) is 2.69. The molecule has 0 saturated carbocycles. The number of halogens is 3. The van der Waals surface area contributed by atoms with Gasteiger partial charge in [0.1, 0.15) is 6.42 Å². The van der Waals surface area contributed by atoms with Crippen LogP contribution < -0.4 is 0 Å². The number of rotatable bonds is 7. The van der Waals surface area contributed by atoms with E-state index in [4.69, 9.17) is 0 Å². The molecule has 4 nitrogen and oxygen atoms in total. The van der Waals surface area contributed by atoms with E-state index < -0.39 is 18.5 Å². The maximum absolute atomic E-state index is 12.5. The van der Waals surface area contributed by atoms with E-state index >= 15 is 0 Å². The summed E-state index contributed by atoms with van der Waals surface area (Å²) in [4.78, 5) is 17.4. The summed E-state index contributed by atoms with van der Waals surface area (Å²) < 4.78 is 37.4. The lowest BCUT2D eigenvalue weighted by Gasteiger charge is -2.31. The average Bonchev–Trinajstić information content (AvgIpc) is 2.78. The summed E-state index contributed by atoms with van der Waals surface area (Å²) in [6.45, 7) is 5.20. The van der Waals surface area contributed by atoms with E-state index in [2.05, 4.69) is 4.90 Å². The highest BCUT2D eigenvalue weighted by Gasteiger charge is 2.35. The first-order valence-electron chi connectivity index (χ1n) is 7.46. The third kappa shape index (κ3) is 6.65. The zero-order valence-electron chi connectivity index (χ0n) is 13.1. The van der Waals surface area contributed by atoms with Crippen molar-refractivity contribution in [2.75, 3.05) is 46.8 Å². The molecular formula is C14H26F3N3O. The van der Waals surface area contributed by atoms with E-state index in [9.17, 15) is 18.0 Å². The first kappa shape index (κ1) is 18.2. The number of amides is 1. The fraction of sp³-hybridized carbons (Fsp3) is 0.929. The molecule has 0 aliphatic carbocycles. The van der Waals surface area contributed by atoms with Crippen molar-refractivity contribution < 1.29 is 18.0 Å². The maximum Gasteiger partial charge on any atom is 0.397 e. The Morgan fingerprint density at radius 1 is 1.29 bits per heavy atom. The van der Waals surface area contributed by atoms with Crippen LogP contribution in [-0.2, 0) is 4.79 Å². The van der Waals surface area contributed by atoms with E-state index in [1.807, 2.05) is 25.9 Å². The summed E-state index contributed by atoms with van der Waals surface area (Å²) in [7, 11) is 3.70. The molecule has 1 aliphatic heterocycles. The Balaban J connectivity index is 2.65. The van der Waals surface area contributed by atoms with Gasteiger partial charge in [-0.3, -0.25) is 9.69 Å². The molecule has 7 heteroatoms. The first-order chi connectivity index (χ1) is 9.73. The lowest BCUT2D eigenvalue weighted by Crippen LogP contribution is -2.46. The van der Waals surface area contributed by atoms with Crippen molar-refractivity contribution in [1.82, 2.24) is 14.7 Å². The van der Waals surface area contributed by atoms with Gasteiger partial charge in [-0.15, -0.1) is 0 Å². The van der Waals surface area contributed by atoms with Gasteiger partial charge in [0.05, 0.1) is 0 Å². The molecule has 21 heavy (non-hydrogen) atoms. The minimum absolute atomic E-state index is 0.189. The van der Waals surface area contributed by atoms with E-state index in [1.54, 1.807) is 0 Å². The molecule has 0 aromatic heterocycles. The van der Waals surface area contributed by atoms with E-state index in [-0.39, 0.29) is 6.04 Å². The summed E-state index contributed by atoms with van der Waals surface area (Å²) in [5.41, 5.74) is 0. The molecule has 0 unspecified atom stereocenters. The molecular weight excluding hydrogens is 283 g/mol. The molecule has 1 rings (SSSR count). The van der Waals surface area contributed by atoms with Gasteiger partial charge in [-0.05, 0) is 40.0 Å². The van der Waals surface area contributed by atoms with Crippen molar-refractivity contribution in [2.24, 2.45) is 0 Å². The summed E-state index contributed by atoms with van der Waals surface area (Å²) in [6.07, 6.45) is -3.80. The second-order valence-electron chi connectivity index (χ2n) is 5.86. The Kier molecular flexibility index (Phi) is 6.93. The second-order valence-corrected chi connectivity index (χ2v) is 5.86. The molecule has 0 radical (unpaired) electrons. The third-order valence-electron chi connectivity index (χ3n) is 3.86. The molecule has 1 aliphatic rings. The van der Waals surface area contributed by atoms with Crippen LogP contribution in [0.1, 0.15) is 26.2 Å². The molecule has 0 bridgehead atoms. The van der Waals surface area contributed by atoms with Crippen molar-refractivity contribution >= 4 is 5.91 Å². The highest BCUT2D eigenvalue weighted by molar-refractivity contribution is 5.76. The predicted molar refractivity (Wildman–Crippen MR) is 76.1 cm³/mol. The molecule has 1 heterocycles. The summed E-state index contributed by atoms with van der Waals surface area (Å²) in [5, 5.41) is 0. The van der Waals surface area contributed by atoms with Crippen LogP contribution in [0.15, 0.2) is 0 Å².